The maximum absolute atomic E-state index is 12.5. The van der Waals surface area contributed by atoms with Gasteiger partial charge in [0, 0.05) is 12.8 Å². The van der Waals surface area contributed by atoms with E-state index in [1.54, 1.807) is 6.08 Å². The smallest absolute Gasteiger partial charge is 0.305 e. The molecule has 0 aliphatic heterocycles. The summed E-state index contributed by atoms with van der Waals surface area (Å²) in [5, 5.41) is 23.1. The number of unbranched alkanes of at least 4 members (excludes halogenated alkanes) is 53. The highest BCUT2D eigenvalue weighted by molar-refractivity contribution is 5.76. The average Bonchev–Trinajstić information content (AvgIpc) is 3.46. The van der Waals surface area contributed by atoms with Crippen molar-refractivity contribution in [1.29, 1.82) is 0 Å². The van der Waals surface area contributed by atoms with Crippen LogP contribution in [0.2, 0.25) is 0 Å². The van der Waals surface area contributed by atoms with Crippen molar-refractivity contribution in [3.05, 3.63) is 36.5 Å². The van der Waals surface area contributed by atoms with Crippen LogP contribution in [0.3, 0.4) is 0 Å². The molecule has 0 heterocycles. The van der Waals surface area contributed by atoms with E-state index in [2.05, 4.69) is 43.5 Å². The van der Waals surface area contributed by atoms with Crippen LogP contribution in [0.15, 0.2) is 36.5 Å². The van der Waals surface area contributed by atoms with Gasteiger partial charge >= 0.3 is 5.97 Å². The Hall–Kier alpha value is -1.92. The molecule has 0 aliphatic carbocycles. The molecule has 6 heteroatoms. The molecule has 472 valence electrons. The molecule has 0 aromatic heterocycles. The number of ether oxygens (including phenoxy) is 1. The number of carbonyl (C=O) groups is 2. The molecule has 2 unspecified atom stereocenters. The lowest BCUT2D eigenvalue weighted by Gasteiger charge is -2.20. The van der Waals surface area contributed by atoms with Crippen LogP contribution in [0.5, 0.6) is 0 Å². The number of aliphatic hydroxyl groups excluding tert-OH is 2. The van der Waals surface area contributed by atoms with Gasteiger partial charge in [0.05, 0.1) is 25.4 Å². The molecule has 2 atom stereocenters. The highest BCUT2D eigenvalue weighted by Crippen LogP contribution is 2.18. The number of aliphatic hydroxyl groups is 2. The van der Waals surface area contributed by atoms with Gasteiger partial charge in [-0.25, -0.2) is 0 Å². The Morgan fingerprint density at radius 2 is 0.588 bits per heavy atom. The van der Waals surface area contributed by atoms with E-state index in [-0.39, 0.29) is 18.5 Å². The summed E-state index contributed by atoms with van der Waals surface area (Å²) in [4.78, 5) is 24.6. The second-order valence-corrected chi connectivity index (χ2v) is 24.9. The number of hydrogen-bond acceptors (Lipinski definition) is 5. The van der Waals surface area contributed by atoms with Crippen molar-refractivity contribution in [2.45, 2.75) is 411 Å². The molecule has 0 saturated heterocycles. The molecule has 0 fully saturated rings. The van der Waals surface area contributed by atoms with Crippen molar-refractivity contribution < 1.29 is 24.5 Å². The summed E-state index contributed by atoms with van der Waals surface area (Å²) >= 11 is 0. The van der Waals surface area contributed by atoms with Gasteiger partial charge in [-0.2, -0.15) is 0 Å². The minimum absolute atomic E-state index is 0.0159. The molecule has 0 saturated carbocycles. The van der Waals surface area contributed by atoms with Crippen molar-refractivity contribution >= 4 is 11.9 Å². The number of amides is 1. The van der Waals surface area contributed by atoms with Crippen LogP contribution in [-0.2, 0) is 14.3 Å². The summed E-state index contributed by atoms with van der Waals surface area (Å²) in [6.07, 6.45) is 89.6. The molecular weight excluding hydrogens is 983 g/mol. The van der Waals surface area contributed by atoms with Gasteiger partial charge in [0.25, 0.3) is 0 Å². The van der Waals surface area contributed by atoms with Crippen LogP contribution >= 0.6 is 0 Å². The number of hydrogen-bond donors (Lipinski definition) is 3. The maximum Gasteiger partial charge on any atom is 0.305 e. The Balaban J connectivity index is 3.34. The van der Waals surface area contributed by atoms with Crippen LogP contribution < -0.4 is 5.32 Å². The molecule has 0 bridgehead atoms. The van der Waals surface area contributed by atoms with E-state index in [1.807, 2.05) is 6.08 Å². The van der Waals surface area contributed by atoms with Crippen molar-refractivity contribution in [3.63, 3.8) is 0 Å². The maximum atomic E-state index is 12.5. The van der Waals surface area contributed by atoms with Gasteiger partial charge in [-0.15, -0.1) is 0 Å². The predicted molar refractivity (Wildman–Crippen MR) is 352 cm³/mol. The number of nitrogens with one attached hydrogen (secondary N) is 1. The van der Waals surface area contributed by atoms with E-state index in [1.165, 1.54) is 327 Å². The zero-order valence-electron chi connectivity index (χ0n) is 54.1. The van der Waals surface area contributed by atoms with Crippen molar-refractivity contribution in [2.24, 2.45) is 0 Å². The average molecular weight is 1120 g/mol. The van der Waals surface area contributed by atoms with Gasteiger partial charge < -0.3 is 20.3 Å². The molecule has 0 radical (unpaired) electrons. The molecular formula is C74H141NO5. The number of carbonyl (C=O) groups excluding carboxylic acids is 2. The quantitative estimate of drug-likeness (QED) is 0.0320. The molecule has 1 amide bonds. The standard InChI is InChI=1S/C74H141NO5/c1-3-5-7-9-11-13-15-17-18-19-38-41-44-48-52-56-60-64-68-74(79)80-69-65-61-57-53-49-45-42-39-36-34-32-30-28-26-24-22-20-21-23-25-27-29-31-33-35-37-40-43-47-51-55-59-63-67-73(78)75-71(70-76)72(77)66-62-58-54-50-46-16-14-12-10-8-6-4-2/h18-19,24,26,62,66,71-72,76-77H,3-17,20-23,25,27-61,63-65,67-70H2,1-2H3,(H,75,78)/b19-18-,26-24-,66-62+. The second kappa shape index (κ2) is 69.6. The van der Waals surface area contributed by atoms with Crippen molar-refractivity contribution in [1.82, 2.24) is 5.32 Å². The minimum atomic E-state index is -0.841. The minimum Gasteiger partial charge on any atom is -0.466 e. The first-order chi connectivity index (χ1) is 39.5. The van der Waals surface area contributed by atoms with E-state index in [0.717, 1.165) is 44.9 Å². The van der Waals surface area contributed by atoms with Gasteiger partial charge in [-0.05, 0) is 83.5 Å². The van der Waals surface area contributed by atoms with E-state index in [0.29, 0.717) is 19.4 Å². The number of allylic oxidation sites excluding steroid dienone is 5. The van der Waals surface area contributed by atoms with Crippen LogP contribution in [0.25, 0.3) is 0 Å². The van der Waals surface area contributed by atoms with Gasteiger partial charge in [0.15, 0.2) is 0 Å². The zero-order valence-corrected chi connectivity index (χ0v) is 54.1. The zero-order chi connectivity index (χ0) is 57.8. The Morgan fingerprint density at radius 3 is 0.887 bits per heavy atom. The molecule has 3 N–H and O–H groups in total. The predicted octanol–water partition coefficient (Wildman–Crippen LogP) is 23.5. The summed E-state index contributed by atoms with van der Waals surface area (Å²) < 4.78 is 5.51. The number of esters is 1. The third-order valence-electron chi connectivity index (χ3n) is 16.9. The third-order valence-corrected chi connectivity index (χ3v) is 16.9. The van der Waals surface area contributed by atoms with Crippen molar-refractivity contribution in [2.75, 3.05) is 13.2 Å². The normalized spacial score (nSPS) is 12.7. The van der Waals surface area contributed by atoms with Crippen molar-refractivity contribution in [3.8, 4) is 0 Å². The molecule has 80 heavy (non-hydrogen) atoms. The van der Waals surface area contributed by atoms with Gasteiger partial charge in [-0.1, -0.05) is 339 Å². The Bertz CT molecular complexity index is 1300. The third kappa shape index (κ3) is 65.2. The van der Waals surface area contributed by atoms with Crippen LogP contribution in [0.1, 0.15) is 399 Å². The summed E-state index contributed by atoms with van der Waals surface area (Å²) in [6.45, 7) is 4.92. The highest BCUT2D eigenvalue weighted by atomic mass is 16.5. The van der Waals surface area contributed by atoms with Gasteiger partial charge in [-0.3, -0.25) is 9.59 Å². The lowest BCUT2D eigenvalue weighted by molar-refractivity contribution is -0.143. The Kier molecular flexibility index (Phi) is 67.9. The lowest BCUT2D eigenvalue weighted by Crippen LogP contribution is -2.45. The first kappa shape index (κ1) is 78.1. The molecule has 6 nitrogen and oxygen atoms in total. The summed E-state index contributed by atoms with van der Waals surface area (Å²) in [5.41, 5.74) is 0. The largest absolute Gasteiger partial charge is 0.466 e. The highest BCUT2D eigenvalue weighted by Gasteiger charge is 2.18. The van der Waals surface area contributed by atoms with Gasteiger partial charge in [0.1, 0.15) is 0 Å². The first-order valence-corrected chi connectivity index (χ1v) is 36.3. The number of rotatable bonds is 68. The fourth-order valence-corrected chi connectivity index (χ4v) is 11.3. The first-order valence-electron chi connectivity index (χ1n) is 36.3. The lowest BCUT2D eigenvalue weighted by atomic mass is 10.0. The SMILES string of the molecule is CCCCCCCCC/C=C\CCCCCCCCCC(=O)OCCCCCCCCCCCCCC/C=C\CCCCCCCCCCCCCCCCCCCC(=O)NC(CO)C(O)/C=C/CCCCCCCCCCCC. The molecule has 0 aromatic rings. The fourth-order valence-electron chi connectivity index (χ4n) is 11.3. The topological polar surface area (TPSA) is 95.9 Å². The molecule has 0 aliphatic rings. The Labute approximate surface area is 500 Å². The monoisotopic (exact) mass is 1120 g/mol. The van der Waals surface area contributed by atoms with Gasteiger partial charge in [0.2, 0.25) is 5.91 Å². The molecule has 0 spiro atoms. The van der Waals surface area contributed by atoms with E-state index >= 15 is 0 Å². The molecule has 0 rings (SSSR count). The van der Waals surface area contributed by atoms with Crippen LogP contribution in [-0.4, -0.2) is 47.4 Å². The van der Waals surface area contributed by atoms with Crippen LogP contribution in [0.4, 0.5) is 0 Å². The summed E-state index contributed by atoms with van der Waals surface area (Å²) in [6, 6.07) is -0.624. The van der Waals surface area contributed by atoms with E-state index in [9.17, 15) is 19.8 Å². The van der Waals surface area contributed by atoms with E-state index < -0.39 is 12.1 Å². The summed E-state index contributed by atoms with van der Waals surface area (Å²) in [7, 11) is 0. The van der Waals surface area contributed by atoms with E-state index in [4.69, 9.17) is 4.74 Å². The Morgan fingerprint density at radius 1 is 0.338 bits per heavy atom. The fraction of sp³-hybridized carbons (Fsp3) is 0.892. The van der Waals surface area contributed by atoms with Crippen LogP contribution in [0, 0.1) is 0 Å². The second-order valence-electron chi connectivity index (χ2n) is 24.9. The summed E-state index contributed by atoms with van der Waals surface area (Å²) in [5.74, 6) is -0.0482. The molecule has 0 aromatic carbocycles.